The molecule has 0 saturated carbocycles. The highest BCUT2D eigenvalue weighted by Crippen LogP contribution is 2.36. The molecule has 2 aromatic rings. The van der Waals surface area contributed by atoms with E-state index in [1.807, 2.05) is 18.2 Å². The largest absolute Gasteiger partial charge is 0.396 e. The van der Waals surface area contributed by atoms with Gasteiger partial charge in [-0.2, -0.15) is 0 Å². The number of nitrogens with two attached hydrogens (primary N) is 1. The number of fused-ring (bicyclic) bond motifs is 1. The molecule has 4 nitrogen and oxygen atoms in total. The summed E-state index contributed by atoms with van der Waals surface area (Å²) in [6.45, 7) is 5.04. The van der Waals surface area contributed by atoms with Crippen LogP contribution < -0.4 is 11.1 Å². The highest BCUT2D eigenvalue weighted by Gasteiger charge is 2.37. The minimum absolute atomic E-state index is 0.106. The molecule has 106 valence electrons. The Balaban J connectivity index is 2.10. The van der Waals surface area contributed by atoms with Gasteiger partial charge in [-0.15, -0.1) is 0 Å². The molecule has 0 radical (unpaired) electrons. The SMILES string of the molecule is CC1OCCC1(C)Nc1c(N)cnc2ccc(Br)cc12. The highest BCUT2D eigenvalue weighted by atomic mass is 79.9. The zero-order chi connectivity index (χ0) is 14.3. The Hall–Kier alpha value is -1.33. The van der Waals surface area contributed by atoms with E-state index in [0.29, 0.717) is 5.69 Å². The van der Waals surface area contributed by atoms with Gasteiger partial charge >= 0.3 is 0 Å². The van der Waals surface area contributed by atoms with E-state index in [9.17, 15) is 0 Å². The van der Waals surface area contributed by atoms with Crippen LogP contribution in [-0.4, -0.2) is 23.2 Å². The third kappa shape index (κ3) is 2.25. The summed E-state index contributed by atoms with van der Waals surface area (Å²) in [5.74, 6) is 0. The van der Waals surface area contributed by atoms with Gasteiger partial charge in [-0.25, -0.2) is 0 Å². The quantitative estimate of drug-likeness (QED) is 0.880. The normalized spacial score (nSPS) is 26.1. The maximum absolute atomic E-state index is 6.14. The molecular formula is C15H18BrN3O. The molecule has 1 saturated heterocycles. The van der Waals surface area contributed by atoms with Gasteiger partial charge in [-0.3, -0.25) is 4.98 Å². The highest BCUT2D eigenvalue weighted by molar-refractivity contribution is 9.10. The van der Waals surface area contributed by atoms with Crippen molar-refractivity contribution >= 4 is 38.2 Å². The Morgan fingerprint density at radius 2 is 2.30 bits per heavy atom. The van der Waals surface area contributed by atoms with Crippen molar-refractivity contribution in [2.45, 2.75) is 31.9 Å². The molecule has 5 heteroatoms. The van der Waals surface area contributed by atoms with E-state index >= 15 is 0 Å². The zero-order valence-electron chi connectivity index (χ0n) is 11.6. The fourth-order valence-electron chi connectivity index (χ4n) is 2.60. The van der Waals surface area contributed by atoms with E-state index < -0.39 is 0 Å². The number of ether oxygens (including phenoxy) is 1. The maximum atomic E-state index is 6.14. The number of halogens is 1. The van der Waals surface area contributed by atoms with Crippen LogP contribution in [0.15, 0.2) is 28.9 Å². The first-order valence-electron chi connectivity index (χ1n) is 6.73. The maximum Gasteiger partial charge on any atom is 0.0774 e. The third-order valence-corrected chi connectivity index (χ3v) is 4.65. The summed E-state index contributed by atoms with van der Waals surface area (Å²) in [6, 6.07) is 6.02. The molecule has 20 heavy (non-hydrogen) atoms. The Kier molecular flexibility index (Phi) is 3.34. The van der Waals surface area contributed by atoms with Gasteiger partial charge in [0.15, 0.2) is 0 Å². The van der Waals surface area contributed by atoms with Crippen molar-refractivity contribution < 1.29 is 4.74 Å². The van der Waals surface area contributed by atoms with Crippen LogP contribution in [0.3, 0.4) is 0 Å². The summed E-state index contributed by atoms with van der Waals surface area (Å²) >= 11 is 3.51. The first-order chi connectivity index (χ1) is 9.49. The molecule has 1 aliphatic rings. The van der Waals surface area contributed by atoms with Gasteiger partial charge < -0.3 is 15.8 Å². The Morgan fingerprint density at radius 3 is 3.00 bits per heavy atom. The Labute approximate surface area is 126 Å². The number of hydrogen-bond donors (Lipinski definition) is 2. The first kappa shape index (κ1) is 13.6. The fourth-order valence-corrected chi connectivity index (χ4v) is 2.97. The van der Waals surface area contributed by atoms with Crippen LogP contribution in [0.1, 0.15) is 20.3 Å². The van der Waals surface area contributed by atoms with Crippen molar-refractivity contribution in [1.29, 1.82) is 0 Å². The predicted octanol–water partition coefficient (Wildman–Crippen LogP) is 3.56. The lowest BCUT2D eigenvalue weighted by Crippen LogP contribution is -2.41. The summed E-state index contributed by atoms with van der Waals surface area (Å²) in [5, 5.41) is 4.62. The van der Waals surface area contributed by atoms with Crippen LogP contribution in [0.4, 0.5) is 11.4 Å². The van der Waals surface area contributed by atoms with Crippen molar-refractivity contribution in [3.63, 3.8) is 0 Å². The van der Waals surface area contributed by atoms with Crippen molar-refractivity contribution in [3.05, 3.63) is 28.9 Å². The minimum Gasteiger partial charge on any atom is -0.396 e. The van der Waals surface area contributed by atoms with Crippen LogP contribution in [0.5, 0.6) is 0 Å². The lowest BCUT2D eigenvalue weighted by atomic mass is 9.93. The molecule has 0 bridgehead atoms. The van der Waals surface area contributed by atoms with Crippen molar-refractivity contribution in [2.75, 3.05) is 17.7 Å². The van der Waals surface area contributed by atoms with Gasteiger partial charge in [0.25, 0.3) is 0 Å². The van der Waals surface area contributed by atoms with E-state index in [1.54, 1.807) is 6.20 Å². The lowest BCUT2D eigenvalue weighted by molar-refractivity contribution is 0.105. The predicted molar refractivity (Wildman–Crippen MR) is 85.9 cm³/mol. The number of aromatic nitrogens is 1. The van der Waals surface area contributed by atoms with Gasteiger partial charge in [0, 0.05) is 16.5 Å². The molecule has 2 atom stereocenters. The topological polar surface area (TPSA) is 60.2 Å². The Bertz CT molecular complexity index is 656. The van der Waals surface area contributed by atoms with Gasteiger partial charge in [0.1, 0.15) is 0 Å². The molecule has 0 aliphatic carbocycles. The molecular weight excluding hydrogens is 318 g/mol. The van der Waals surface area contributed by atoms with E-state index in [-0.39, 0.29) is 11.6 Å². The molecule has 1 aliphatic heterocycles. The average molecular weight is 336 g/mol. The molecule has 0 spiro atoms. The van der Waals surface area contributed by atoms with E-state index in [0.717, 1.165) is 34.1 Å². The van der Waals surface area contributed by atoms with Crippen molar-refractivity contribution in [1.82, 2.24) is 4.98 Å². The fraction of sp³-hybridized carbons (Fsp3) is 0.400. The van der Waals surface area contributed by atoms with E-state index in [2.05, 4.69) is 40.1 Å². The second-order valence-electron chi connectivity index (χ2n) is 5.56. The summed E-state index contributed by atoms with van der Waals surface area (Å²) in [7, 11) is 0. The van der Waals surface area contributed by atoms with E-state index in [4.69, 9.17) is 10.5 Å². The zero-order valence-corrected chi connectivity index (χ0v) is 13.2. The number of hydrogen-bond acceptors (Lipinski definition) is 4. The number of benzene rings is 1. The molecule has 0 amide bonds. The monoisotopic (exact) mass is 335 g/mol. The van der Waals surface area contributed by atoms with Gasteiger partial charge in [0.05, 0.1) is 34.7 Å². The third-order valence-electron chi connectivity index (χ3n) is 4.16. The van der Waals surface area contributed by atoms with Crippen LogP contribution >= 0.6 is 15.9 Å². The van der Waals surface area contributed by atoms with Gasteiger partial charge in [-0.1, -0.05) is 15.9 Å². The van der Waals surface area contributed by atoms with Crippen LogP contribution in [0.2, 0.25) is 0 Å². The van der Waals surface area contributed by atoms with Crippen molar-refractivity contribution in [2.24, 2.45) is 0 Å². The molecule has 2 heterocycles. The average Bonchev–Trinajstić information content (AvgIpc) is 2.73. The smallest absolute Gasteiger partial charge is 0.0774 e. The number of nitrogens with zero attached hydrogens (tertiary/aromatic N) is 1. The second-order valence-corrected chi connectivity index (χ2v) is 6.47. The van der Waals surface area contributed by atoms with Crippen LogP contribution in [-0.2, 0) is 4.74 Å². The summed E-state index contributed by atoms with van der Waals surface area (Å²) in [5.41, 5.74) is 8.57. The number of nitrogen functional groups attached to an aromatic ring is 1. The van der Waals surface area contributed by atoms with Crippen LogP contribution in [0, 0.1) is 0 Å². The first-order valence-corrected chi connectivity index (χ1v) is 7.52. The molecule has 1 fully saturated rings. The summed E-state index contributed by atoms with van der Waals surface area (Å²) < 4.78 is 6.70. The van der Waals surface area contributed by atoms with Crippen molar-refractivity contribution in [3.8, 4) is 0 Å². The van der Waals surface area contributed by atoms with E-state index in [1.165, 1.54) is 0 Å². The standard InChI is InChI=1S/C15H18BrN3O/c1-9-15(2,5-6-20-9)19-14-11-7-10(16)3-4-13(11)18-8-12(14)17/h3-4,7-9H,5-6,17H2,1-2H3,(H,18,19). The lowest BCUT2D eigenvalue weighted by Gasteiger charge is -2.31. The number of anilines is 2. The molecule has 1 aromatic carbocycles. The number of nitrogens with one attached hydrogen (secondary N) is 1. The number of rotatable bonds is 2. The molecule has 1 aromatic heterocycles. The number of pyridine rings is 1. The molecule has 2 unspecified atom stereocenters. The summed E-state index contributed by atoms with van der Waals surface area (Å²) in [6.07, 6.45) is 2.82. The van der Waals surface area contributed by atoms with Gasteiger partial charge in [-0.05, 0) is 38.5 Å². The Morgan fingerprint density at radius 1 is 1.50 bits per heavy atom. The molecule has 3 rings (SSSR count). The van der Waals surface area contributed by atoms with Gasteiger partial charge in [0.2, 0.25) is 0 Å². The summed E-state index contributed by atoms with van der Waals surface area (Å²) in [4.78, 5) is 4.38. The second kappa shape index (κ2) is 4.90. The minimum atomic E-state index is -0.106. The van der Waals surface area contributed by atoms with Crippen LogP contribution in [0.25, 0.3) is 10.9 Å². The molecule has 3 N–H and O–H groups in total.